The van der Waals surface area contributed by atoms with Crippen LogP contribution in [0, 0.1) is 0 Å². The van der Waals surface area contributed by atoms with Crippen LogP contribution < -0.4 is 15.8 Å². The lowest BCUT2D eigenvalue weighted by molar-refractivity contribution is 0.0600. The van der Waals surface area contributed by atoms with Gasteiger partial charge in [0.25, 0.3) is 0 Å². The van der Waals surface area contributed by atoms with Crippen LogP contribution in [-0.2, 0) is 4.74 Å². The molecule has 22 heavy (non-hydrogen) atoms. The van der Waals surface area contributed by atoms with Crippen LogP contribution in [0.2, 0.25) is 0 Å². The van der Waals surface area contributed by atoms with E-state index in [-0.39, 0.29) is 6.04 Å². The van der Waals surface area contributed by atoms with Crippen LogP contribution in [-0.4, -0.2) is 25.7 Å². The van der Waals surface area contributed by atoms with Crippen LogP contribution in [0.1, 0.15) is 44.5 Å². The van der Waals surface area contributed by atoms with E-state index >= 15 is 0 Å². The van der Waals surface area contributed by atoms with Crippen molar-refractivity contribution in [1.82, 2.24) is 0 Å². The number of carbonyl (C=O) groups excluding carboxylic acids is 1. The number of carbonyl (C=O) groups is 1. The number of nitrogen functional groups attached to an aromatic ring is 1. The molecule has 5 nitrogen and oxygen atoms in total. The Labute approximate surface area is 133 Å². The molecule has 1 aliphatic heterocycles. The average molecular weight is 308 g/mol. The van der Waals surface area contributed by atoms with Gasteiger partial charge in [0.15, 0.2) is 0 Å². The monoisotopic (exact) mass is 308 g/mol. The number of rotatable bonds is 3. The van der Waals surface area contributed by atoms with Crippen molar-refractivity contribution in [1.29, 1.82) is 0 Å². The van der Waals surface area contributed by atoms with Crippen molar-refractivity contribution in [3.8, 4) is 5.75 Å². The normalized spacial score (nSPS) is 14.5. The summed E-state index contributed by atoms with van der Waals surface area (Å²) in [5, 5.41) is 3.28. The highest BCUT2D eigenvalue weighted by Crippen LogP contribution is 2.36. The van der Waals surface area contributed by atoms with Gasteiger partial charge in [-0.1, -0.05) is 33.8 Å². The van der Waals surface area contributed by atoms with Gasteiger partial charge >= 0.3 is 5.97 Å². The van der Waals surface area contributed by atoms with Crippen molar-refractivity contribution >= 4 is 17.3 Å². The van der Waals surface area contributed by atoms with Crippen LogP contribution >= 0.6 is 0 Å². The topological polar surface area (TPSA) is 73.6 Å². The molecule has 5 heteroatoms. The van der Waals surface area contributed by atoms with Gasteiger partial charge in [0.05, 0.1) is 24.4 Å². The Hall–Kier alpha value is -2.17. The number of ether oxygens (including phenoxy) is 2. The number of esters is 1. The number of hydrogen-bond acceptors (Lipinski definition) is 5. The quantitative estimate of drug-likeness (QED) is 0.504. The van der Waals surface area contributed by atoms with E-state index in [9.17, 15) is 4.79 Å². The second-order valence-electron chi connectivity index (χ2n) is 4.11. The van der Waals surface area contributed by atoms with E-state index < -0.39 is 5.97 Å². The van der Waals surface area contributed by atoms with Gasteiger partial charge in [-0.3, -0.25) is 0 Å². The van der Waals surface area contributed by atoms with Crippen molar-refractivity contribution in [3.63, 3.8) is 0 Å². The maximum Gasteiger partial charge on any atom is 0.338 e. The minimum absolute atomic E-state index is 0.154. The molecule has 0 unspecified atom stereocenters. The van der Waals surface area contributed by atoms with Crippen molar-refractivity contribution in [2.75, 3.05) is 24.8 Å². The first-order valence-corrected chi connectivity index (χ1v) is 7.67. The Balaban J connectivity index is 0.00000102. The fraction of sp³-hybridized carbons (Fsp3) is 0.471. The van der Waals surface area contributed by atoms with Gasteiger partial charge in [-0.2, -0.15) is 0 Å². The SMILES string of the molecule is C=CC[C@H]1COc2cc(C(=O)OC)cc(N)c2N1.CC.CC. The van der Waals surface area contributed by atoms with Gasteiger partial charge in [-0.15, -0.1) is 6.58 Å². The highest BCUT2D eigenvalue weighted by molar-refractivity contribution is 5.93. The summed E-state index contributed by atoms with van der Waals surface area (Å²) in [6.07, 6.45) is 2.61. The van der Waals surface area contributed by atoms with E-state index in [1.54, 1.807) is 12.1 Å². The zero-order chi connectivity index (χ0) is 17.1. The Bertz CT molecular complexity index is 487. The van der Waals surface area contributed by atoms with Crippen LogP contribution in [0.3, 0.4) is 0 Å². The summed E-state index contributed by atoms with van der Waals surface area (Å²) in [6, 6.07) is 3.37. The molecule has 1 aromatic rings. The summed E-state index contributed by atoms with van der Waals surface area (Å²) in [4.78, 5) is 11.5. The van der Waals surface area contributed by atoms with Gasteiger partial charge in [-0.05, 0) is 18.6 Å². The maximum atomic E-state index is 11.5. The third kappa shape index (κ3) is 4.98. The van der Waals surface area contributed by atoms with Gasteiger partial charge in [0, 0.05) is 0 Å². The molecule has 0 spiro atoms. The van der Waals surface area contributed by atoms with Crippen molar-refractivity contribution in [3.05, 3.63) is 30.4 Å². The lowest BCUT2D eigenvalue weighted by atomic mass is 10.1. The van der Waals surface area contributed by atoms with Crippen LogP contribution in [0.4, 0.5) is 11.4 Å². The molecule has 1 heterocycles. The Morgan fingerprint density at radius 1 is 1.45 bits per heavy atom. The molecule has 124 valence electrons. The van der Waals surface area contributed by atoms with Crippen molar-refractivity contribution < 1.29 is 14.3 Å². The lowest BCUT2D eigenvalue weighted by Gasteiger charge is -2.28. The van der Waals surface area contributed by atoms with Crippen LogP contribution in [0.15, 0.2) is 24.8 Å². The Kier molecular flexibility index (Phi) is 9.50. The molecule has 1 aliphatic rings. The van der Waals surface area contributed by atoms with Crippen molar-refractivity contribution in [2.45, 2.75) is 40.2 Å². The molecule has 0 fully saturated rings. The average Bonchev–Trinajstić information content (AvgIpc) is 2.58. The number of fused-ring (bicyclic) bond motifs is 1. The van der Waals surface area contributed by atoms with E-state index in [0.717, 1.165) is 12.1 Å². The summed E-state index contributed by atoms with van der Waals surface area (Å²) in [5.74, 6) is 0.150. The molecule has 0 aromatic heterocycles. The first-order valence-electron chi connectivity index (χ1n) is 7.67. The predicted molar refractivity (Wildman–Crippen MR) is 92.6 cm³/mol. The predicted octanol–water partition coefficient (Wildman–Crippen LogP) is 3.86. The summed E-state index contributed by atoms with van der Waals surface area (Å²) in [6.45, 7) is 12.2. The maximum absolute atomic E-state index is 11.5. The first-order chi connectivity index (χ1) is 10.7. The number of anilines is 2. The molecule has 0 saturated heterocycles. The van der Waals surface area contributed by atoms with E-state index in [4.69, 9.17) is 10.5 Å². The Morgan fingerprint density at radius 2 is 2.09 bits per heavy atom. The van der Waals surface area contributed by atoms with E-state index in [1.807, 2.05) is 33.8 Å². The summed E-state index contributed by atoms with van der Waals surface area (Å²) in [7, 11) is 1.33. The highest BCUT2D eigenvalue weighted by atomic mass is 16.5. The van der Waals surface area contributed by atoms with Gasteiger partial charge < -0.3 is 20.5 Å². The molecule has 0 saturated carbocycles. The zero-order valence-corrected chi connectivity index (χ0v) is 14.2. The molecule has 2 rings (SSSR count). The highest BCUT2D eigenvalue weighted by Gasteiger charge is 2.22. The second kappa shape index (κ2) is 10.5. The first kappa shape index (κ1) is 19.8. The largest absolute Gasteiger partial charge is 0.489 e. The minimum Gasteiger partial charge on any atom is -0.489 e. The number of nitrogens with one attached hydrogen (secondary N) is 1. The molecular weight excluding hydrogens is 280 g/mol. The molecular formula is C17H28N2O3. The molecule has 0 bridgehead atoms. The van der Waals surface area contributed by atoms with Gasteiger partial charge in [0.1, 0.15) is 18.0 Å². The third-order valence-corrected chi connectivity index (χ3v) is 2.79. The second-order valence-corrected chi connectivity index (χ2v) is 4.11. The van der Waals surface area contributed by atoms with Gasteiger partial charge in [0.2, 0.25) is 0 Å². The summed E-state index contributed by atoms with van der Waals surface area (Å²) in [5.41, 5.74) is 7.50. The molecule has 0 aliphatic carbocycles. The van der Waals surface area contributed by atoms with Crippen LogP contribution in [0.5, 0.6) is 5.75 Å². The van der Waals surface area contributed by atoms with Crippen LogP contribution in [0.25, 0.3) is 0 Å². The fourth-order valence-corrected chi connectivity index (χ4v) is 1.91. The molecule has 1 atom stereocenters. The van der Waals surface area contributed by atoms with Crippen molar-refractivity contribution in [2.24, 2.45) is 0 Å². The molecule has 1 aromatic carbocycles. The van der Waals surface area contributed by atoms with E-state index in [0.29, 0.717) is 23.6 Å². The molecule has 3 N–H and O–H groups in total. The standard InChI is InChI=1S/C13H16N2O3.2C2H6/c1-3-4-9-7-18-11-6-8(13(16)17-2)5-10(14)12(11)15-9;2*1-2/h3,5-6,9,15H,1,4,7,14H2,2H3;2*1-2H3/t9-;;/m0../s1. The Morgan fingerprint density at radius 3 is 2.64 bits per heavy atom. The minimum atomic E-state index is -0.429. The molecule has 0 radical (unpaired) electrons. The zero-order valence-electron chi connectivity index (χ0n) is 14.2. The number of benzene rings is 1. The lowest BCUT2D eigenvalue weighted by Crippen LogP contribution is -2.31. The van der Waals surface area contributed by atoms with E-state index in [2.05, 4.69) is 16.6 Å². The summed E-state index contributed by atoms with van der Waals surface area (Å²) < 4.78 is 10.3. The summed E-state index contributed by atoms with van der Waals surface area (Å²) >= 11 is 0. The van der Waals surface area contributed by atoms with Gasteiger partial charge in [-0.25, -0.2) is 4.79 Å². The smallest absolute Gasteiger partial charge is 0.338 e. The number of nitrogens with two attached hydrogens (primary N) is 1. The number of hydrogen-bond donors (Lipinski definition) is 2. The fourth-order valence-electron chi connectivity index (χ4n) is 1.91. The molecule has 0 amide bonds. The van der Waals surface area contributed by atoms with E-state index in [1.165, 1.54) is 7.11 Å². The number of methoxy groups -OCH3 is 1. The third-order valence-electron chi connectivity index (χ3n) is 2.79.